The normalized spacial score (nSPS) is 20.8. The highest BCUT2D eigenvalue weighted by atomic mass is 16.5. The summed E-state index contributed by atoms with van der Waals surface area (Å²) in [5.41, 5.74) is 1.69. The Labute approximate surface area is 146 Å². The minimum atomic E-state index is 0.138. The topological polar surface area (TPSA) is 71.8 Å². The van der Waals surface area contributed by atoms with E-state index in [1.807, 2.05) is 30.2 Å². The molecule has 2 aliphatic rings. The van der Waals surface area contributed by atoms with Gasteiger partial charge in [0.1, 0.15) is 11.6 Å². The lowest BCUT2D eigenvalue weighted by atomic mass is 10.0. The molecule has 0 saturated carbocycles. The van der Waals surface area contributed by atoms with Crippen molar-refractivity contribution in [2.75, 3.05) is 25.0 Å². The summed E-state index contributed by atoms with van der Waals surface area (Å²) >= 11 is 0. The van der Waals surface area contributed by atoms with Crippen LogP contribution in [0.3, 0.4) is 0 Å². The molecule has 0 bridgehead atoms. The molecule has 1 N–H and O–H groups in total. The molecule has 0 spiro atoms. The number of fused-ring (bicyclic) bond motifs is 1. The summed E-state index contributed by atoms with van der Waals surface area (Å²) in [6.07, 6.45) is 7.01. The van der Waals surface area contributed by atoms with Crippen LogP contribution in [0.1, 0.15) is 32.6 Å². The molecule has 0 aliphatic carbocycles. The molecule has 1 saturated heterocycles. The van der Waals surface area contributed by atoms with Gasteiger partial charge >= 0.3 is 0 Å². The Morgan fingerprint density at radius 3 is 3.24 bits per heavy atom. The number of nitrogens with zero attached hydrogens (tertiary/aromatic N) is 4. The molecule has 132 valence electrons. The van der Waals surface area contributed by atoms with E-state index in [0.29, 0.717) is 6.54 Å². The molecule has 25 heavy (non-hydrogen) atoms. The number of ether oxygens (including phenoxy) is 1. The summed E-state index contributed by atoms with van der Waals surface area (Å²) in [6, 6.07) is 4.08. The SMILES string of the molecule is CCC1=C(C(=O)N2CCC(Nc3ccc4nccn4n3)C2)CCCO1. The summed E-state index contributed by atoms with van der Waals surface area (Å²) in [4.78, 5) is 19.0. The molecule has 4 rings (SSSR count). The van der Waals surface area contributed by atoms with Crippen molar-refractivity contribution in [3.05, 3.63) is 35.9 Å². The lowest BCUT2D eigenvalue weighted by Gasteiger charge is -2.24. The molecule has 0 aromatic carbocycles. The summed E-state index contributed by atoms with van der Waals surface area (Å²) in [7, 11) is 0. The van der Waals surface area contributed by atoms with Crippen molar-refractivity contribution in [1.82, 2.24) is 19.5 Å². The largest absolute Gasteiger partial charge is 0.497 e. The van der Waals surface area contributed by atoms with Crippen LogP contribution >= 0.6 is 0 Å². The highest BCUT2D eigenvalue weighted by Crippen LogP contribution is 2.25. The number of amides is 1. The Morgan fingerprint density at radius 1 is 1.44 bits per heavy atom. The van der Waals surface area contributed by atoms with Crippen molar-refractivity contribution >= 4 is 17.4 Å². The Hall–Kier alpha value is -2.57. The second-order valence-electron chi connectivity index (χ2n) is 6.54. The zero-order valence-corrected chi connectivity index (χ0v) is 14.4. The van der Waals surface area contributed by atoms with Gasteiger partial charge in [-0.2, -0.15) is 0 Å². The quantitative estimate of drug-likeness (QED) is 0.923. The molecule has 4 heterocycles. The van der Waals surface area contributed by atoms with E-state index in [-0.39, 0.29) is 11.9 Å². The van der Waals surface area contributed by atoms with Gasteiger partial charge in [0.2, 0.25) is 0 Å². The third-order valence-electron chi connectivity index (χ3n) is 4.85. The van der Waals surface area contributed by atoms with E-state index < -0.39 is 0 Å². The number of carbonyl (C=O) groups excluding carboxylic acids is 1. The molecule has 2 aromatic heterocycles. The molecule has 7 heteroatoms. The number of rotatable bonds is 4. The number of allylic oxidation sites excluding steroid dienone is 1. The third-order valence-corrected chi connectivity index (χ3v) is 4.85. The van der Waals surface area contributed by atoms with Gasteiger partial charge in [0.25, 0.3) is 5.91 Å². The van der Waals surface area contributed by atoms with Gasteiger partial charge in [0, 0.05) is 37.9 Å². The van der Waals surface area contributed by atoms with Crippen LogP contribution < -0.4 is 5.32 Å². The Morgan fingerprint density at radius 2 is 2.36 bits per heavy atom. The smallest absolute Gasteiger partial charge is 0.253 e. The standard InChI is InChI=1S/C18H23N5O2/c1-2-15-14(4-3-11-25-15)18(24)22-9-7-13(12-22)20-16-5-6-17-19-8-10-23(17)21-16/h5-6,8,10,13H,2-4,7,9,11-12H2,1H3,(H,20,21). The molecular formula is C18H23N5O2. The van der Waals surface area contributed by atoms with E-state index in [2.05, 4.69) is 15.4 Å². The van der Waals surface area contributed by atoms with Gasteiger partial charge in [-0.1, -0.05) is 6.92 Å². The van der Waals surface area contributed by atoms with Crippen molar-refractivity contribution in [3.8, 4) is 0 Å². The number of anilines is 1. The van der Waals surface area contributed by atoms with E-state index in [4.69, 9.17) is 4.74 Å². The fourth-order valence-corrected chi connectivity index (χ4v) is 3.57. The van der Waals surface area contributed by atoms with Crippen LogP contribution in [0, 0.1) is 0 Å². The van der Waals surface area contributed by atoms with Crippen molar-refractivity contribution in [3.63, 3.8) is 0 Å². The molecule has 1 unspecified atom stereocenters. The number of likely N-dealkylation sites (tertiary alicyclic amines) is 1. The number of hydrogen-bond acceptors (Lipinski definition) is 5. The average molecular weight is 341 g/mol. The number of nitrogens with one attached hydrogen (secondary N) is 1. The summed E-state index contributed by atoms with van der Waals surface area (Å²) in [5.74, 6) is 1.82. The molecule has 2 aromatic rings. The Kier molecular flexibility index (Phi) is 4.29. The molecule has 1 atom stereocenters. The second-order valence-corrected chi connectivity index (χ2v) is 6.54. The second kappa shape index (κ2) is 6.74. The van der Waals surface area contributed by atoms with Gasteiger partial charge in [-0.15, -0.1) is 5.10 Å². The molecule has 7 nitrogen and oxygen atoms in total. The lowest BCUT2D eigenvalue weighted by Crippen LogP contribution is -2.34. The summed E-state index contributed by atoms with van der Waals surface area (Å²) < 4.78 is 7.42. The van der Waals surface area contributed by atoms with Gasteiger partial charge in [0.15, 0.2) is 5.65 Å². The van der Waals surface area contributed by atoms with Crippen LogP contribution in [0.2, 0.25) is 0 Å². The first-order valence-electron chi connectivity index (χ1n) is 8.95. The predicted octanol–water partition coefficient (Wildman–Crippen LogP) is 2.22. The van der Waals surface area contributed by atoms with Crippen LogP contribution in [0.25, 0.3) is 5.65 Å². The summed E-state index contributed by atoms with van der Waals surface area (Å²) in [6.45, 7) is 4.24. The maximum atomic E-state index is 12.8. The zero-order chi connectivity index (χ0) is 17.2. The minimum Gasteiger partial charge on any atom is -0.497 e. The van der Waals surface area contributed by atoms with Crippen LogP contribution in [-0.4, -0.2) is 51.1 Å². The Balaban J connectivity index is 1.42. The van der Waals surface area contributed by atoms with Crippen LogP contribution in [-0.2, 0) is 9.53 Å². The van der Waals surface area contributed by atoms with Crippen molar-refractivity contribution in [1.29, 1.82) is 0 Å². The van der Waals surface area contributed by atoms with Crippen LogP contribution in [0.4, 0.5) is 5.82 Å². The molecule has 0 radical (unpaired) electrons. The number of imidazole rings is 1. The van der Waals surface area contributed by atoms with Gasteiger partial charge < -0.3 is 15.0 Å². The van der Waals surface area contributed by atoms with Crippen LogP contribution in [0.15, 0.2) is 35.9 Å². The van der Waals surface area contributed by atoms with E-state index in [1.54, 1.807) is 10.7 Å². The fraction of sp³-hybridized carbons (Fsp3) is 0.500. The third kappa shape index (κ3) is 3.18. The monoisotopic (exact) mass is 341 g/mol. The Bertz CT molecular complexity index is 813. The van der Waals surface area contributed by atoms with Crippen molar-refractivity contribution < 1.29 is 9.53 Å². The van der Waals surface area contributed by atoms with Crippen molar-refractivity contribution in [2.24, 2.45) is 0 Å². The van der Waals surface area contributed by atoms with Gasteiger partial charge in [0.05, 0.1) is 12.2 Å². The summed E-state index contributed by atoms with van der Waals surface area (Å²) in [5, 5.41) is 7.93. The fourth-order valence-electron chi connectivity index (χ4n) is 3.57. The highest BCUT2D eigenvalue weighted by molar-refractivity contribution is 5.94. The van der Waals surface area contributed by atoms with E-state index in [9.17, 15) is 4.79 Å². The average Bonchev–Trinajstić information content (AvgIpc) is 3.30. The molecule has 1 amide bonds. The van der Waals surface area contributed by atoms with E-state index in [0.717, 1.165) is 61.6 Å². The highest BCUT2D eigenvalue weighted by Gasteiger charge is 2.30. The molecule has 1 fully saturated rings. The number of carbonyl (C=O) groups is 1. The number of aromatic nitrogens is 3. The predicted molar refractivity (Wildman–Crippen MR) is 94.1 cm³/mol. The zero-order valence-electron chi connectivity index (χ0n) is 14.4. The van der Waals surface area contributed by atoms with Crippen molar-refractivity contribution in [2.45, 2.75) is 38.6 Å². The maximum Gasteiger partial charge on any atom is 0.253 e. The van der Waals surface area contributed by atoms with Gasteiger partial charge in [-0.3, -0.25) is 4.79 Å². The minimum absolute atomic E-state index is 0.138. The van der Waals surface area contributed by atoms with Crippen LogP contribution in [0.5, 0.6) is 0 Å². The van der Waals surface area contributed by atoms with Gasteiger partial charge in [-0.05, 0) is 31.4 Å². The first-order valence-corrected chi connectivity index (χ1v) is 8.95. The lowest BCUT2D eigenvalue weighted by molar-refractivity contribution is -0.126. The van der Waals surface area contributed by atoms with Gasteiger partial charge in [-0.25, -0.2) is 9.50 Å². The first-order chi connectivity index (χ1) is 12.2. The maximum absolute atomic E-state index is 12.8. The molecular weight excluding hydrogens is 318 g/mol. The van der Waals surface area contributed by atoms with E-state index >= 15 is 0 Å². The number of hydrogen-bond donors (Lipinski definition) is 1. The van der Waals surface area contributed by atoms with E-state index in [1.165, 1.54) is 0 Å². The first kappa shape index (κ1) is 15.9. The molecule has 2 aliphatic heterocycles.